The molecule has 0 atom stereocenters. The molecular weight excluding hydrogens is 392 g/mol. The van der Waals surface area contributed by atoms with Crippen molar-refractivity contribution in [1.29, 1.82) is 0 Å². The normalized spacial score (nSPS) is 18.1. The molecule has 2 aliphatic rings. The van der Waals surface area contributed by atoms with E-state index in [1.807, 2.05) is 29.2 Å². The molecule has 1 amide bonds. The van der Waals surface area contributed by atoms with E-state index in [1.54, 1.807) is 0 Å². The average molecular weight is 418 g/mol. The van der Waals surface area contributed by atoms with Gasteiger partial charge < -0.3 is 15.0 Å². The Morgan fingerprint density at radius 2 is 1.92 bits per heavy atom. The lowest BCUT2D eigenvalue weighted by molar-refractivity contribution is -0.132. The van der Waals surface area contributed by atoms with E-state index in [2.05, 4.69) is 21.2 Å². The van der Waals surface area contributed by atoms with E-state index >= 15 is 0 Å². The standard InChI is InChI=1S/C18H25BrN2O2.ClH/c19-16-3-1-2-4-17(16)23-12-9-18(22)21-10-7-15(8-11-21)20-13-14-5-6-14;/h1-4,14-15,20H,5-13H2;1H. The van der Waals surface area contributed by atoms with Crippen molar-refractivity contribution in [2.24, 2.45) is 5.92 Å². The predicted molar refractivity (Wildman–Crippen MR) is 102 cm³/mol. The zero-order chi connectivity index (χ0) is 16.1. The number of rotatable bonds is 7. The molecule has 3 rings (SSSR count). The van der Waals surface area contributed by atoms with E-state index in [0.29, 0.717) is 19.1 Å². The molecule has 24 heavy (non-hydrogen) atoms. The fraction of sp³-hybridized carbons (Fsp3) is 0.611. The van der Waals surface area contributed by atoms with Crippen molar-refractivity contribution in [2.75, 3.05) is 26.2 Å². The fourth-order valence-corrected chi connectivity index (χ4v) is 3.36. The molecule has 1 aliphatic heterocycles. The Kier molecular flexibility index (Phi) is 7.85. The first kappa shape index (κ1) is 19.5. The summed E-state index contributed by atoms with van der Waals surface area (Å²) in [5, 5.41) is 3.65. The molecule has 1 saturated carbocycles. The molecule has 4 nitrogen and oxygen atoms in total. The second kappa shape index (κ2) is 9.64. The third-order valence-electron chi connectivity index (χ3n) is 4.65. The summed E-state index contributed by atoms with van der Waals surface area (Å²) in [7, 11) is 0. The summed E-state index contributed by atoms with van der Waals surface area (Å²) in [5.41, 5.74) is 0. The van der Waals surface area contributed by atoms with Gasteiger partial charge in [0.05, 0.1) is 17.5 Å². The van der Waals surface area contributed by atoms with E-state index in [0.717, 1.165) is 42.1 Å². The van der Waals surface area contributed by atoms with Gasteiger partial charge in [-0.25, -0.2) is 0 Å². The van der Waals surface area contributed by atoms with Gasteiger partial charge in [-0.2, -0.15) is 0 Å². The van der Waals surface area contributed by atoms with Crippen LogP contribution in [0.5, 0.6) is 5.75 Å². The number of amides is 1. The maximum Gasteiger partial charge on any atom is 0.225 e. The van der Waals surface area contributed by atoms with E-state index in [-0.39, 0.29) is 18.3 Å². The molecule has 6 heteroatoms. The first-order valence-electron chi connectivity index (χ1n) is 8.61. The highest BCUT2D eigenvalue weighted by atomic mass is 79.9. The molecule has 1 saturated heterocycles. The number of benzene rings is 1. The van der Waals surface area contributed by atoms with Gasteiger partial charge in [0.2, 0.25) is 5.91 Å². The van der Waals surface area contributed by atoms with Crippen LogP contribution in [-0.4, -0.2) is 43.1 Å². The van der Waals surface area contributed by atoms with E-state index in [4.69, 9.17) is 4.74 Å². The number of piperidine rings is 1. The van der Waals surface area contributed by atoms with Crippen molar-refractivity contribution in [3.63, 3.8) is 0 Å². The molecule has 1 aliphatic carbocycles. The SMILES string of the molecule is Cl.O=C(CCOc1ccccc1Br)N1CCC(NCC2CC2)CC1. The Morgan fingerprint density at radius 3 is 2.58 bits per heavy atom. The molecule has 2 fully saturated rings. The van der Waals surface area contributed by atoms with Gasteiger partial charge in [0.25, 0.3) is 0 Å². The van der Waals surface area contributed by atoms with Crippen molar-refractivity contribution in [2.45, 2.75) is 38.1 Å². The van der Waals surface area contributed by atoms with Crippen LogP contribution in [0.25, 0.3) is 0 Å². The Labute approximate surface area is 158 Å². The third-order valence-corrected chi connectivity index (χ3v) is 5.31. The minimum absolute atomic E-state index is 0. The highest BCUT2D eigenvalue weighted by Gasteiger charge is 2.25. The lowest BCUT2D eigenvalue weighted by atomic mass is 10.0. The fourth-order valence-electron chi connectivity index (χ4n) is 2.96. The predicted octanol–water partition coefficient (Wildman–Crippen LogP) is 3.63. The third kappa shape index (κ3) is 5.94. The van der Waals surface area contributed by atoms with E-state index < -0.39 is 0 Å². The van der Waals surface area contributed by atoms with Gasteiger partial charge >= 0.3 is 0 Å². The summed E-state index contributed by atoms with van der Waals surface area (Å²) in [6, 6.07) is 8.32. The van der Waals surface area contributed by atoms with Crippen LogP contribution in [0, 0.1) is 5.92 Å². The summed E-state index contributed by atoms with van der Waals surface area (Å²) in [4.78, 5) is 14.3. The maximum atomic E-state index is 12.3. The van der Waals surface area contributed by atoms with Crippen LogP contribution >= 0.6 is 28.3 Å². The van der Waals surface area contributed by atoms with Crippen molar-refractivity contribution in [1.82, 2.24) is 10.2 Å². The molecule has 0 unspecified atom stereocenters. The van der Waals surface area contributed by atoms with Crippen LogP contribution in [0.15, 0.2) is 28.7 Å². The molecule has 1 N–H and O–H groups in total. The van der Waals surface area contributed by atoms with Crippen molar-refractivity contribution < 1.29 is 9.53 Å². The van der Waals surface area contributed by atoms with Crippen LogP contribution in [0.3, 0.4) is 0 Å². The molecule has 1 heterocycles. The number of carbonyl (C=O) groups excluding carboxylic acids is 1. The van der Waals surface area contributed by atoms with E-state index in [9.17, 15) is 4.79 Å². The first-order chi connectivity index (χ1) is 11.2. The zero-order valence-corrected chi connectivity index (χ0v) is 16.3. The lowest BCUT2D eigenvalue weighted by Crippen LogP contribution is -2.45. The highest BCUT2D eigenvalue weighted by Crippen LogP contribution is 2.28. The number of hydrogen-bond donors (Lipinski definition) is 1. The summed E-state index contributed by atoms with van der Waals surface area (Å²) in [5.74, 6) is 1.92. The lowest BCUT2D eigenvalue weighted by Gasteiger charge is -2.32. The highest BCUT2D eigenvalue weighted by molar-refractivity contribution is 9.10. The second-order valence-electron chi connectivity index (χ2n) is 6.54. The zero-order valence-electron chi connectivity index (χ0n) is 13.9. The first-order valence-corrected chi connectivity index (χ1v) is 9.40. The number of para-hydroxylation sites is 1. The largest absolute Gasteiger partial charge is 0.492 e. The minimum Gasteiger partial charge on any atom is -0.492 e. The number of likely N-dealkylation sites (tertiary alicyclic amines) is 1. The monoisotopic (exact) mass is 416 g/mol. The Morgan fingerprint density at radius 1 is 1.21 bits per heavy atom. The smallest absolute Gasteiger partial charge is 0.225 e. The molecule has 0 bridgehead atoms. The molecule has 1 aromatic carbocycles. The molecular formula is C18H26BrClN2O2. The average Bonchev–Trinajstić information content (AvgIpc) is 3.39. The van der Waals surface area contributed by atoms with Crippen molar-refractivity contribution in [3.8, 4) is 5.75 Å². The van der Waals surface area contributed by atoms with Gasteiger partial charge in [0, 0.05) is 19.1 Å². The number of halogens is 2. The second-order valence-corrected chi connectivity index (χ2v) is 7.39. The number of ether oxygens (including phenoxy) is 1. The van der Waals surface area contributed by atoms with Crippen LogP contribution in [0.1, 0.15) is 32.1 Å². The van der Waals surface area contributed by atoms with Crippen LogP contribution in [0.4, 0.5) is 0 Å². The van der Waals surface area contributed by atoms with Gasteiger partial charge in [-0.1, -0.05) is 12.1 Å². The van der Waals surface area contributed by atoms with Crippen molar-refractivity contribution >= 4 is 34.2 Å². The van der Waals surface area contributed by atoms with Gasteiger partial charge in [-0.05, 0) is 66.2 Å². The van der Waals surface area contributed by atoms with Gasteiger partial charge in [0.1, 0.15) is 5.75 Å². The molecule has 0 radical (unpaired) electrons. The van der Waals surface area contributed by atoms with Crippen LogP contribution in [-0.2, 0) is 4.79 Å². The number of carbonyl (C=O) groups is 1. The van der Waals surface area contributed by atoms with Gasteiger partial charge in [0.15, 0.2) is 0 Å². The summed E-state index contributed by atoms with van der Waals surface area (Å²) >= 11 is 3.45. The number of nitrogens with zero attached hydrogens (tertiary/aromatic N) is 1. The summed E-state index contributed by atoms with van der Waals surface area (Å²) in [6.07, 6.45) is 5.37. The summed E-state index contributed by atoms with van der Waals surface area (Å²) < 4.78 is 6.61. The minimum atomic E-state index is 0. The number of hydrogen-bond acceptors (Lipinski definition) is 3. The van der Waals surface area contributed by atoms with Crippen molar-refractivity contribution in [3.05, 3.63) is 28.7 Å². The van der Waals surface area contributed by atoms with E-state index in [1.165, 1.54) is 19.4 Å². The Bertz CT molecular complexity index is 532. The van der Waals surface area contributed by atoms with Gasteiger partial charge in [-0.15, -0.1) is 12.4 Å². The molecule has 0 aromatic heterocycles. The van der Waals surface area contributed by atoms with Crippen LogP contribution in [0.2, 0.25) is 0 Å². The van der Waals surface area contributed by atoms with Crippen LogP contribution < -0.4 is 10.1 Å². The molecule has 1 aromatic rings. The van der Waals surface area contributed by atoms with Gasteiger partial charge in [-0.3, -0.25) is 4.79 Å². The Balaban J connectivity index is 0.00000208. The number of nitrogens with one attached hydrogen (secondary N) is 1. The quantitative estimate of drug-likeness (QED) is 0.736. The Hall–Kier alpha value is -0.780. The summed E-state index contributed by atoms with van der Waals surface area (Å²) in [6.45, 7) is 3.34. The topological polar surface area (TPSA) is 41.6 Å². The molecule has 0 spiro atoms. The molecule has 134 valence electrons. The maximum absolute atomic E-state index is 12.3.